The van der Waals surface area contributed by atoms with Crippen molar-refractivity contribution in [2.75, 3.05) is 26.4 Å². The summed E-state index contributed by atoms with van der Waals surface area (Å²) >= 11 is 0. The maximum atomic E-state index is 10.4. The van der Waals surface area contributed by atoms with Crippen LogP contribution in [0.5, 0.6) is 0 Å². The maximum Gasteiger partial charge on any atom is 0.332 e. The van der Waals surface area contributed by atoms with E-state index >= 15 is 0 Å². The number of rotatable bonds is 7. The Morgan fingerprint density at radius 1 is 1.17 bits per heavy atom. The molecule has 12 heavy (non-hydrogen) atoms. The standard InChI is InChI=1S/C8H12O4/c1-3-4-11-5-6-12-7-8(9)10-2/h1-2H,3-7H2. The molecule has 0 amide bonds. The highest BCUT2D eigenvalue weighted by Crippen LogP contribution is 1.83. The smallest absolute Gasteiger partial charge is 0.332 e. The van der Waals surface area contributed by atoms with E-state index < -0.39 is 5.97 Å². The minimum Gasteiger partial charge on any atom is -0.452 e. The molecule has 0 saturated carbocycles. The topological polar surface area (TPSA) is 44.8 Å². The van der Waals surface area contributed by atoms with E-state index in [2.05, 4.69) is 11.8 Å². The molecule has 0 unspecified atom stereocenters. The average Bonchev–Trinajstić information content (AvgIpc) is 2.10. The van der Waals surface area contributed by atoms with E-state index in [1.54, 1.807) is 0 Å². The van der Waals surface area contributed by atoms with Gasteiger partial charge < -0.3 is 14.2 Å². The number of esters is 1. The third-order valence-corrected chi connectivity index (χ3v) is 0.986. The summed E-state index contributed by atoms with van der Waals surface area (Å²) in [4.78, 5) is 10.4. The van der Waals surface area contributed by atoms with Crippen LogP contribution in [-0.2, 0) is 19.0 Å². The maximum absolute atomic E-state index is 10.4. The van der Waals surface area contributed by atoms with E-state index in [1.807, 2.05) is 0 Å². The van der Waals surface area contributed by atoms with Gasteiger partial charge in [-0.25, -0.2) is 4.79 Å². The Hall–Kier alpha value is -0.610. The van der Waals surface area contributed by atoms with Crippen molar-refractivity contribution in [1.82, 2.24) is 0 Å². The molecule has 0 heterocycles. The van der Waals surface area contributed by atoms with Gasteiger partial charge in [-0.05, 0) is 13.3 Å². The first-order valence-electron chi connectivity index (χ1n) is 3.56. The summed E-state index contributed by atoms with van der Waals surface area (Å²) in [6.45, 7) is 6.24. The summed E-state index contributed by atoms with van der Waals surface area (Å²) in [5.41, 5.74) is 0. The highest BCUT2D eigenvalue weighted by Gasteiger charge is 1.98. The van der Waals surface area contributed by atoms with Crippen LogP contribution in [0.25, 0.3) is 0 Å². The van der Waals surface area contributed by atoms with Gasteiger partial charge in [-0.1, -0.05) is 0 Å². The van der Waals surface area contributed by atoms with Crippen LogP contribution in [0.15, 0.2) is 0 Å². The van der Waals surface area contributed by atoms with Crippen molar-refractivity contribution >= 4 is 5.97 Å². The SMILES string of the molecule is [CH]CCOCCOCC(=O)O[CH]. The minimum absolute atomic E-state index is 0.150. The average molecular weight is 172 g/mol. The van der Waals surface area contributed by atoms with Crippen molar-refractivity contribution in [1.29, 1.82) is 0 Å². The van der Waals surface area contributed by atoms with Gasteiger partial charge in [0.25, 0.3) is 0 Å². The summed E-state index contributed by atoms with van der Waals surface area (Å²) < 4.78 is 13.6. The monoisotopic (exact) mass is 172 g/mol. The van der Waals surface area contributed by atoms with Crippen molar-refractivity contribution in [3.8, 4) is 0 Å². The molecule has 4 radical (unpaired) electrons. The normalized spacial score (nSPS) is 9.83. The molecule has 0 N–H and O–H groups in total. The highest BCUT2D eigenvalue weighted by atomic mass is 16.6. The van der Waals surface area contributed by atoms with Gasteiger partial charge in [0.1, 0.15) is 6.61 Å². The number of hydrogen-bond donors (Lipinski definition) is 0. The molecular weight excluding hydrogens is 160 g/mol. The fourth-order valence-corrected chi connectivity index (χ4v) is 0.493. The second-order valence-corrected chi connectivity index (χ2v) is 1.94. The van der Waals surface area contributed by atoms with Crippen LogP contribution >= 0.6 is 0 Å². The van der Waals surface area contributed by atoms with Gasteiger partial charge in [0.05, 0.1) is 13.2 Å². The molecule has 0 aromatic carbocycles. The number of carbonyl (C=O) groups excluding carboxylic acids is 1. The molecule has 0 fully saturated rings. The van der Waals surface area contributed by atoms with Crippen LogP contribution in [0.3, 0.4) is 0 Å². The molecule has 0 rings (SSSR count). The summed E-state index contributed by atoms with van der Waals surface area (Å²) in [7, 11) is 4.56. The van der Waals surface area contributed by atoms with E-state index in [0.717, 1.165) is 0 Å². The van der Waals surface area contributed by atoms with Crippen molar-refractivity contribution in [3.63, 3.8) is 0 Å². The predicted molar refractivity (Wildman–Crippen MR) is 40.9 cm³/mol. The van der Waals surface area contributed by atoms with Crippen LogP contribution < -0.4 is 0 Å². The van der Waals surface area contributed by atoms with Gasteiger partial charge in [-0.2, -0.15) is 0 Å². The number of hydrogen-bond acceptors (Lipinski definition) is 4. The van der Waals surface area contributed by atoms with Crippen molar-refractivity contribution in [2.24, 2.45) is 0 Å². The second kappa shape index (κ2) is 8.49. The molecule has 0 bridgehead atoms. The zero-order valence-electron chi connectivity index (χ0n) is 6.82. The molecular formula is C8H12O4. The quantitative estimate of drug-likeness (QED) is 0.410. The van der Waals surface area contributed by atoms with Crippen LogP contribution in [0.4, 0.5) is 0 Å². The molecule has 4 nitrogen and oxygen atoms in total. The molecule has 68 valence electrons. The first-order chi connectivity index (χ1) is 5.81. The lowest BCUT2D eigenvalue weighted by atomic mass is 10.5. The first kappa shape index (κ1) is 11.4. The lowest BCUT2D eigenvalue weighted by molar-refractivity contribution is -0.144. The Kier molecular flexibility index (Phi) is 8.05. The van der Waals surface area contributed by atoms with Crippen LogP contribution in [0.2, 0.25) is 0 Å². The molecule has 0 saturated heterocycles. The first-order valence-corrected chi connectivity index (χ1v) is 3.56. The van der Waals surface area contributed by atoms with Crippen molar-refractivity contribution in [2.45, 2.75) is 6.42 Å². The van der Waals surface area contributed by atoms with Gasteiger partial charge in [-0.15, -0.1) is 0 Å². The minimum atomic E-state index is -0.603. The van der Waals surface area contributed by atoms with E-state index in [1.165, 1.54) is 0 Å². The Bertz CT molecular complexity index is 114. The summed E-state index contributed by atoms with van der Waals surface area (Å²) in [6.07, 6.45) is 0.477. The lowest BCUT2D eigenvalue weighted by Crippen LogP contribution is -2.12. The van der Waals surface area contributed by atoms with E-state index in [-0.39, 0.29) is 6.61 Å². The molecule has 0 aromatic rings. The van der Waals surface area contributed by atoms with Gasteiger partial charge in [0.2, 0.25) is 0 Å². The van der Waals surface area contributed by atoms with E-state index in [4.69, 9.17) is 16.4 Å². The van der Waals surface area contributed by atoms with Crippen LogP contribution in [0.1, 0.15) is 6.42 Å². The van der Waals surface area contributed by atoms with Gasteiger partial charge in [0, 0.05) is 6.61 Å². The van der Waals surface area contributed by atoms with E-state index in [9.17, 15) is 4.79 Å². The Balaban J connectivity index is 2.95. The van der Waals surface area contributed by atoms with E-state index in [0.29, 0.717) is 26.2 Å². The second-order valence-electron chi connectivity index (χ2n) is 1.94. The summed E-state index contributed by atoms with van der Waals surface area (Å²) in [5, 5.41) is 0. The number of ether oxygens (including phenoxy) is 3. The Labute approximate surface area is 72.8 Å². The van der Waals surface area contributed by atoms with Gasteiger partial charge >= 0.3 is 5.97 Å². The summed E-state index contributed by atoms with van der Waals surface area (Å²) in [5.74, 6) is -0.603. The molecule has 0 spiro atoms. The van der Waals surface area contributed by atoms with Crippen LogP contribution in [0, 0.1) is 14.0 Å². The summed E-state index contributed by atoms with van der Waals surface area (Å²) in [6, 6.07) is 0. The molecule has 0 aromatic heterocycles. The fourth-order valence-electron chi connectivity index (χ4n) is 0.493. The lowest BCUT2D eigenvalue weighted by Gasteiger charge is -2.02. The Morgan fingerprint density at radius 2 is 1.83 bits per heavy atom. The van der Waals surface area contributed by atoms with Gasteiger partial charge in [0.15, 0.2) is 7.11 Å². The fraction of sp³-hybridized carbons (Fsp3) is 0.625. The zero-order chi connectivity index (χ0) is 9.23. The molecule has 0 aliphatic rings. The molecule has 0 aliphatic heterocycles. The predicted octanol–water partition coefficient (Wildman–Crippen LogP) is 0.333. The Morgan fingerprint density at radius 3 is 2.42 bits per heavy atom. The largest absolute Gasteiger partial charge is 0.452 e. The van der Waals surface area contributed by atoms with Crippen LogP contribution in [-0.4, -0.2) is 32.4 Å². The third kappa shape index (κ3) is 7.50. The van der Waals surface area contributed by atoms with Crippen molar-refractivity contribution in [3.05, 3.63) is 14.0 Å². The molecule has 0 atom stereocenters. The molecule has 4 heteroatoms. The van der Waals surface area contributed by atoms with Gasteiger partial charge in [-0.3, -0.25) is 0 Å². The molecule has 0 aliphatic carbocycles. The van der Waals surface area contributed by atoms with Crippen molar-refractivity contribution < 1.29 is 19.0 Å². The number of carbonyl (C=O) groups is 1. The highest BCUT2D eigenvalue weighted by molar-refractivity contribution is 5.70. The third-order valence-electron chi connectivity index (χ3n) is 0.986. The zero-order valence-corrected chi connectivity index (χ0v) is 6.82.